The summed E-state index contributed by atoms with van der Waals surface area (Å²) in [5.74, 6) is -1.46. The van der Waals surface area contributed by atoms with Gasteiger partial charge in [-0.25, -0.2) is 17.9 Å². The lowest BCUT2D eigenvalue weighted by Crippen LogP contribution is -2.35. The van der Waals surface area contributed by atoms with E-state index in [1.54, 1.807) is 0 Å². The number of hydrogen-bond donors (Lipinski definition) is 4. The molecule has 1 aromatic rings. The van der Waals surface area contributed by atoms with E-state index in [1.165, 1.54) is 14.0 Å². The number of aryl methyl sites for hydroxylation is 1. The zero-order chi connectivity index (χ0) is 14.6. The Morgan fingerprint density at radius 2 is 2.21 bits per heavy atom. The van der Waals surface area contributed by atoms with Gasteiger partial charge in [0, 0.05) is 13.7 Å². The van der Waals surface area contributed by atoms with Crippen LogP contribution in [0.4, 0.5) is 0 Å². The second-order valence-electron chi connectivity index (χ2n) is 3.79. The van der Waals surface area contributed by atoms with Crippen LogP contribution in [0.1, 0.15) is 16.2 Å². The highest BCUT2D eigenvalue weighted by Crippen LogP contribution is 2.17. The highest BCUT2D eigenvalue weighted by atomic mass is 32.2. The molecule has 0 aliphatic carbocycles. The Morgan fingerprint density at radius 3 is 2.74 bits per heavy atom. The van der Waals surface area contributed by atoms with Crippen molar-refractivity contribution >= 4 is 16.0 Å². The number of carboxylic acid groups (broad SMARTS) is 1. The first-order valence-corrected chi connectivity index (χ1v) is 6.72. The first kappa shape index (κ1) is 15.6. The summed E-state index contributed by atoms with van der Waals surface area (Å²) in [6, 6.07) is 0. The molecule has 0 amide bonds. The molecule has 0 saturated heterocycles. The maximum atomic E-state index is 12.0. The average molecular weight is 293 g/mol. The Labute approximate surface area is 109 Å². The van der Waals surface area contributed by atoms with Gasteiger partial charge >= 0.3 is 5.97 Å². The SMILES string of the molecule is COCC(O)CNS(=O)(=O)c1c(C(=O)O)n[nH]c1C. The van der Waals surface area contributed by atoms with Crippen LogP contribution >= 0.6 is 0 Å². The molecule has 0 fully saturated rings. The van der Waals surface area contributed by atoms with Crippen LogP contribution in [0, 0.1) is 6.92 Å². The summed E-state index contributed by atoms with van der Waals surface area (Å²) in [7, 11) is -2.72. The summed E-state index contributed by atoms with van der Waals surface area (Å²) >= 11 is 0. The highest BCUT2D eigenvalue weighted by Gasteiger charge is 2.28. The predicted molar refractivity (Wildman–Crippen MR) is 63.4 cm³/mol. The Hall–Kier alpha value is -1.49. The number of ether oxygens (including phenoxy) is 1. The fourth-order valence-corrected chi connectivity index (χ4v) is 2.81. The number of hydrogen-bond acceptors (Lipinski definition) is 6. The van der Waals surface area contributed by atoms with Gasteiger partial charge in [0.15, 0.2) is 5.69 Å². The number of aromatic amines is 1. The zero-order valence-electron chi connectivity index (χ0n) is 10.4. The van der Waals surface area contributed by atoms with E-state index in [2.05, 4.69) is 19.7 Å². The molecule has 0 radical (unpaired) electrons. The molecule has 0 aliphatic heterocycles. The van der Waals surface area contributed by atoms with Crippen LogP contribution in [0.25, 0.3) is 0 Å². The topological polar surface area (TPSA) is 142 Å². The molecular weight excluding hydrogens is 278 g/mol. The van der Waals surface area contributed by atoms with Gasteiger partial charge in [0.25, 0.3) is 0 Å². The molecular formula is C9H15N3O6S. The monoisotopic (exact) mass is 293 g/mol. The van der Waals surface area contributed by atoms with Crippen molar-refractivity contribution in [3.63, 3.8) is 0 Å². The molecule has 1 unspecified atom stereocenters. The second kappa shape index (κ2) is 6.10. The number of carbonyl (C=O) groups is 1. The lowest BCUT2D eigenvalue weighted by Gasteiger charge is -2.11. The number of aliphatic hydroxyl groups is 1. The van der Waals surface area contributed by atoms with Crippen LogP contribution in [-0.4, -0.2) is 61.2 Å². The number of aromatic nitrogens is 2. The first-order chi connectivity index (χ1) is 8.79. The van der Waals surface area contributed by atoms with Crippen molar-refractivity contribution in [3.05, 3.63) is 11.4 Å². The molecule has 108 valence electrons. The number of nitrogens with one attached hydrogen (secondary N) is 2. The third-order valence-electron chi connectivity index (χ3n) is 2.23. The molecule has 0 aliphatic rings. The molecule has 10 heteroatoms. The van der Waals surface area contributed by atoms with E-state index in [9.17, 15) is 18.3 Å². The van der Waals surface area contributed by atoms with Crippen LogP contribution in [0.5, 0.6) is 0 Å². The summed E-state index contributed by atoms with van der Waals surface area (Å²) in [4.78, 5) is 10.4. The second-order valence-corrected chi connectivity index (χ2v) is 5.50. The fraction of sp³-hybridized carbons (Fsp3) is 0.556. The van der Waals surface area contributed by atoms with E-state index in [0.29, 0.717) is 0 Å². The maximum absolute atomic E-state index is 12.0. The van der Waals surface area contributed by atoms with Crippen LogP contribution in [0.2, 0.25) is 0 Å². The van der Waals surface area contributed by atoms with Crippen molar-refractivity contribution < 1.29 is 28.2 Å². The molecule has 0 spiro atoms. The molecule has 9 nitrogen and oxygen atoms in total. The van der Waals surface area contributed by atoms with E-state index in [-0.39, 0.29) is 18.8 Å². The van der Waals surface area contributed by atoms with Gasteiger partial charge in [0.1, 0.15) is 4.90 Å². The molecule has 0 saturated carbocycles. The van der Waals surface area contributed by atoms with Crippen molar-refractivity contribution in [1.82, 2.24) is 14.9 Å². The third kappa shape index (κ3) is 3.73. The molecule has 0 aromatic carbocycles. The van der Waals surface area contributed by atoms with Gasteiger partial charge in [-0.3, -0.25) is 5.10 Å². The van der Waals surface area contributed by atoms with Crippen LogP contribution in [0.15, 0.2) is 4.90 Å². The number of aromatic carboxylic acids is 1. The molecule has 1 heterocycles. The molecule has 1 atom stereocenters. The van der Waals surface area contributed by atoms with Crippen molar-refractivity contribution in [2.45, 2.75) is 17.9 Å². The molecule has 1 rings (SSSR count). The quantitative estimate of drug-likeness (QED) is 0.489. The van der Waals surface area contributed by atoms with Crippen LogP contribution in [-0.2, 0) is 14.8 Å². The smallest absolute Gasteiger partial charge is 0.357 e. The summed E-state index contributed by atoms with van der Waals surface area (Å²) in [5, 5.41) is 23.9. The number of aliphatic hydroxyl groups excluding tert-OH is 1. The minimum Gasteiger partial charge on any atom is -0.476 e. The highest BCUT2D eigenvalue weighted by molar-refractivity contribution is 7.89. The molecule has 19 heavy (non-hydrogen) atoms. The van der Waals surface area contributed by atoms with Crippen molar-refractivity contribution in [1.29, 1.82) is 0 Å². The Morgan fingerprint density at radius 1 is 1.58 bits per heavy atom. The number of rotatable bonds is 7. The van der Waals surface area contributed by atoms with E-state index < -0.39 is 32.7 Å². The Bertz CT molecular complexity index is 552. The average Bonchev–Trinajstić information content (AvgIpc) is 2.70. The van der Waals surface area contributed by atoms with Gasteiger partial charge in [0.05, 0.1) is 18.4 Å². The summed E-state index contributed by atoms with van der Waals surface area (Å²) in [5.41, 5.74) is -0.489. The van der Waals surface area contributed by atoms with E-state index >= 15 is 0 Å². The maximum Gasteiger partial charge on any atom is 0.357 e. The van der Waals surface area contributed by atoms with Crippen molar-refractivity contribution in [2.75, 3.05) is 20.3 Å². The van der Waals surface area contributed by atoms with E-state index in [0.717, 1.165) is 0 Å². The van der Waals surface area contributed by atoms with Crippen molar-refractivity contribution in [3.8, 4) is 0 Å². The Kier molecular flexibility index (Phi) is 5.00. The van der Waals surface area contributed by atoms with Gasteiger partial charge < -0.3 is 14.9 Å². The van der Waals surface area contributed by atoms with Crippen LogP contribution < -0.4 is 4.72 Å². The zero-order valence-corrected chi connectivity index (χ0v) is 11.2. The number of carboxylic acids is 1. The van der Waals surface area contributed by atoms with Crippen molar-refractivity contribution in [2.24, 2.45) is 0 Å². The number of methoxy groups -OCH3 is 1. The molecule has 1 aromatic heterocycles. The number of sulfonamides is 1. The van der Waals surface area contributed by atoms with Crippen LogP contribution in [0.3, 0.4) is 0 Å². The van der Waals surface area contributed by atoms with E-state index in [1.807, 2.05) is 0 Å². The van der Waals surface area contributed by atoms with Gasteiger partial charge in [-0.05, 0) is 6.92 Å². The summed E-state index contributed by atoms with van der Waals surface area (Å²) in [6.07, 6.45) is -1.03. The lowest BCUT2D eigenvalue weighted by atomic mass is 10.4. The normalized spacial score (nSPS) is 13.4. The fourth-order valence-electron chi connectivity index (χ4n) is 1.42. The minimum absolute atomic E-state index is 0.0430. The third-order valence-corrected chi connectivity index (χ3v) is 3.81. The minimum atomic E-state index is -4.08. The van der Waals surface area contributed by atoms with Gasteiger partial charge in [-0.2, -0.15) is 5.10 Å². The number of H-pyrrole nitrogens is 1. The van der Waals surface area contributed by atoms with Gasteiger partial charge in [-0.15, -0.1) is 0 Å². The summed E-state index contributed by atoms with van der Waals surface area (Å²) in [6.45, 7) is 1.05. The molecule has 0 bridgehead atoms. The Balaban J connectivity index is 2.95. The predicted octanol–water partition coefficient (Wildman–Crippen LogP) is -1.30. The summed E-state index contributed by atoms with van der Waals surface area (Å²) < 4.78 is 30.7. The largest absolute Gasteiger partial charge is 0.476 e. The lowest BCUT2D eigenvalue weighted by molar-refractivity contribution is 0.0678. The number of nitrogens with zero attached hydrogens (tertiary/aromatic N) is 1. The molecule has 4 N–H and O–H groups in total. The standard InChI is InChI=1S/C9H15N3O6S/c1-5-8(7(9(14)15)12-11-5)19(16,17)10-3-6(13)4-18-2/h6,10,13H,3-4H2,1-2H3,(H,11,12)(H,14,15). The van der Waals surface area contributed by atoms with Gasteiger partial charge in [0.2, 0.25) is 10.0 Å². The van der Waals surface area contributed by atoms with Gasteiger partial charge in [-0.1, -0.05) is 0 Å². The first-order valence-electron chi connectivity index (χ1n) is 5.24. The van der Waals surface area contributed by atoms with E-state index in [4.69, 9.17) is 5.11 Å².